The molecule has 1 aliphatic heterocycles. The molecule has 5 rings (SSSR count). The van der Waals surface area contributed by atoms with Gasteiger partial charge in [-0.1, -0.05) is 24.3 Å². The summed E-state index contributed by atoms with van der Waals surface area (Å²) in [6.07, 6.45) is 5.90. The van der Waals surface area contributed by atoms with E-state index < -0.39 is 0 Å². The van der Waals surface area contributed by atoms with Gasteiger partial charge in [-0.3, -0.25) is 9.69 Å². The van der Waals surface area contributed by atoms with Crippen molar-refractivity contribution in [3.05, 3.63) is 59.9 Å². The zero-order chi connectivity index (χ0) is 22.1. The predicted octanol–water partition coefficient (Wildman–Crippen LogP) is 4.60. The van der Waals surface area contributed by atoms with Gasteiger partial charge in [0.25, 0.3) is 0 Å². The van der Waals surface area contributed by atoms with Gasteiger partial charge in [0.05, 0.1) is 18.4 Å². The fourth-order valence-electron chi connectivity index (χ4n) is 4.94. The third kappa shape index (κ3) is 4.71. The summed E-state index contributed by atoms with van der Waals surface area (Å²) in [7, 11) is 0. The van der Waals surface area contributed by atoms with Crippen molar-refractivity contribution in [1.82, 2.24) is 14.9 Å². The first-order chi connectivity index (χ1) is 15.6. The van der Waals surface area contributed by atoms with Gasteiger partial charge >= 0.3 is 0 Å². The minimum absolute atomic E-state index is 0.0606. The number of nitrogens with zero attached hydrogens (tertiary/aromatic N) is 2. The van der Waals surface area contributed by atoms with Crippen LogP contribution in [0.2, 0.25) is 0 Å². The van der Waals surface area contributed by atoms with E-state index >= 15 is 0 Å². The Hall–Kier alpha value is -2.70. The molecule has 0 radical (unpaired) electrons. The maximum atomic E-state index is 12.6. The van der Waals surface area contributed by atoms with Gasteiger partial charge in [0.2, 0.25) is 0 Å². The van der Waals surface area contributed by atoms with E-state index in [2.05, 4.69) is 21.8 Å². The minimum atomic E-state index is 0.0606. The van der Waals surface area contributed by atoms with Gasteiger partial charge in [0.15, 0.2) is 5.78 Å². The van der Waals surface area contributed by atoms with Crippen molar-refractivity contribution >= 4 is 22.5 Å². The lowest BCUT2D eigenvalue weighted by Crippen LogP contribution is -2.46. The van der Waals surface area contributed by atoms with E-state index in [1.54, 1.807) is 0 Å². The Kier molecular flexibility index (Phi) is 5.98. The second kappa shape index (κ2) is 9.04. The number of ketones is 1. The molecule has 0 amide bonds. The summed E-state index contributed by atoms with van der Waals surface area (Å²) in [6, 6.07) is 14.3. The van der Waals surface area contributed by atoms with Crippen LogP contribution in [0.25, 0.3) is 10.9 Å². The molecule has 4 atom stereocenters. The van der Waals surface area contributed by atoms with Gasteiger partial charge in [-0.05, 0) is 56.2 Å². The Morgan fingerprint density at radius 1 is 1.25 bits per heavy atom. The molecule has 6 heteroatoms. The van der Waals surface area contributed by atoms with Crippen LogP contribution in [-0.4, -0.2) is 46.4 Å². The molecule has 2 fully saturated rings. The molecule has 168 valence electrons. The zero-order valence-corrected chi connectivity index (χ0v) is 18.7. The number of morpholine rings is 1. The second-order valence-corrected chi connectivity index (χ2v) is 9.48. The van der Waals surface area contributed by atoms with Crippen LogP contribution in [0, 0.1) is 11.8 Å². The third-order valence-corrected chi connectivity index (χ3v) is 7.09. The number of aromatic nitrogens is 2. The monoisotopic (exact) mass is 432 g/mol. The van der Waals surface area contributed by atoms with Crippen molar-refractivity contribution in [2.75, 3.05) is 25.4 Å². The predicted molar refractivity (Wildman–Crippen MR) is 126 cm³/mol. The molecule has 1 saturated carbocycles. The van der Waals surface area contributed by atoms with Crippen LogP contribution in [0.5, 0.6) is 0 Å². The lowest BCUT2D eigenvalue weighted by molar-refractivity contribution is -0.0619. The number of hydrogen-bond acceptors (Lipinski definition) is 5. The largest absolute Gasteiger partial charge is 0.384 e. The van der Waals surface area contributed by atoms with Gasteiger partial charge in [0.1, 0.15) is 5.82 Å². The van der Waals surface area contributed by atoms with E-state index in [-0.39, 0.29) is 11.9 Å². The maximum absolute atomic E-state index is 12.6. The van der Waals surface area contributed by atoms with E-state index in [1.165, 1.54) is 6.42 Å². The Morgan fingerprint density at radius 2 is 2.12 bits per heavy atom. The number of benzene rings is 1. The number of pyridine rings is 1. The Morgan fingerprint density at radius 3 is 2.94 bits per heavy atom. The van der Waals surface area contributed by atoms with E-state index in [1.807, 2.05) is 48.7 Å². The number of carbonyl (C=O) groups is 1. The summed E-state index contributed by atoms with van der Waals surface area (Å²) in [5.41, 5.74) is 8.59. The number of anilines is 1. The number of Topliss-reactive ketones (excluding diaryl/α,β-unsaturated/α-hetero) is 1. The van der Waals surface area contributed by atoms with Crippen LogP contribution in [0.15, 0.2) is 48.7 Å². The van der Waals surface area contributed by atoms with Crippen LogP contribution in [0.3, 0.4) is 0 Å². The van der Waals surface area contributed by atoms with E-state index in [9.17, 15) is 4.79 Å². The molecule has 6 nitrogen and oxygen atoms in total. The molecule has 1 saturated heterocycles. The summed E-state index contributed by atoms with van der Waals surface area (Å²) in [6.45, 7) is 5.00. The van der Waals surface area contributed by atoms with Crippen LogP contribution < -0.4 is 5.73 Å². The number of carbonyl (C=O) groups excluding carboxylic acids is 1. The standard InChI is InChI=1S/C26H32N4O2/c1-17-16-32-25(20-9-10-26(27)28-13-20)15-30(17)14-21-11-18(21)6-4-8-24(31)23-12-19-5-2-3-7-22(19)29-23/h2-3,5,7,9-10,12-13,17-18,21,25,29H,4,6,8,11,14-16H2,1H3,(H2,27,28)/t17-,18+,21-,25+/m0/s1. The summed E-state index contributed by atoms with van der Waals surface area (Å²) in [5, 5.41) is 1.10. The summed E-state index contributed by atoms with van der Waals surface area (Å²) in [5.74, 6) is 2.25. The van der Waals surface area contributed by atoms with Crippen molar-refractivity contribution in [3.8, 4) is 0 Å². The van der Waals surface area contributed by atoms with Crippen LogP contribution in [0.4, 0.5) is 5.82 Å². The number of ether oxygens (including phenoxy) is 1. The van der Waals surface area contributed by atoms with Gasteiger partial charge in [-0.25, -0.2) is 4.98 Å². The third-order valence-electron chi connectivity index (χ3n) is 7.09. The Balaban J connectivity index is 1.07. The molecule has 0 spiro atoms. The number of nitrogens with one attached hydrogen (secondary N) is 1. The number of nitrogens with two attached hydrogens (primary N) is 1. The average molecular weight is 433 g/mol. The fourth-order valence-corrected chi connectivity index (χ4v) is 4.94. The first-order valence-electron chi connectivity index (χ1n) is 11.7. The molecule has 2 aromatic heterocycles. The number of hydrogen-bond donors (Lipinski definition) is 2. The highest BCUT2D eigenvalue weighted by atomic mass is 16.5. The summed E-state index contributed by atoms with van der Waals surface area (Å²) < 4.78 is 6.07. The van der Waals surface area contributed by atoms with Crippen molar-refractivity contribution in [3.63, 3.8) is 0 Å². The van der Waals surface area contributed by atoms with Crippen molar-refractivity contribution in [2.45, 2.75) is 44.8 Å². The van der Waals surface area contributed by atoms with E-state index in [0.29, 0.717) is 18.3 Å². The number of aromatic amines is 1. The van der Waals surface area contributed by atoms with Gasteiger partial charge < -0.3 is 15.5 Å². The van der Waals surface area contributed by atoms with Crippen molar-refractivity contribution < 1.29 is 9.53 Å². The number of para-hydroxylation sites is 1. The highest BCUT2D eigenvalue weighted by Gasteiger charge is 2.39. The molecule has 32 heavy (non-hydrogen) atoms. The number of nitrogen functional groups attached to an aromatic ring is 1. The number of fused-ring (bicyclic) bond motifs is 1. The van der Waals surface area contributed by atoms with Crippen molar-refractivity contribution in [1.29, 1.82) is 0 Å². The molecule has 1 aliphatic carbocycles. The fraction of sp³-hybridized carbons (Fsp3) is 0.462. The topological polar surface area (TPSA) is 84.2 Å². The quantitative estimate of drug-likeness (QED) is 0.509. The molecule has 1 aromatic carbocycles. The summed E-state index contributed by atoms with van der Waals surface area (Å²) >= 11 is 0. The Bertz CT molecular complexity index is 1040. The average Bonchev–Trinajstić information content (AvgIpc) is 3.38. The molecule has 0 unspecified atom stereocenters. The first kappa shape index (κ1) is 21.2. The molecule has 3 aromatic rings. The molecule has 3 heterocycles. The van der Waals surface area contributed by atoms with Crippen LogP contribution in [-0.2, 0) is 4.74 Å². The zero-order valence-electron chi connectivity index (χ0n) is 18.7. The number of H-pyrrole nitrogens is 1. The normalized spacial score (nSPS) is 25.8. The number of rotatable bonds is 8. The highest BCUT2D eigenvalue weighted by Crippen LogP contribution is 2.43. The lowest BCUT2D eigenvalue weighted by atomic mass is 10.1. The Labute approximate surface area is 189 Å². The molecule has 2 aliphatic rings. The minimum Gasteiger partial charge on any atom is -0.384 e. The van der Waals surface area contributed by atoms with Crippen LogP contribution >= 0.6 is 0 Å². The van der Waals surface area contributed by atoms with E-state index in [0.717, 1.165) is 66.5 Å². The molecule has 0 bridgehead atoms. The van der Waals surface area contributed by atoms with Gasteiger partial charge in [-0.2, -0.15) is 0 Å². The SMILES string of the molecule is C[C@H]1CO[C@@H](c2ccc(N)nc2)CN1C[C@@H]1C[C@H]1CCCC(=O)c1cc2ccccc2[nH]1. The highest BCUT2D eigenvalue weighted by molar-refractivity contribution is 5.99. The first-order valence-corrected chi connectivity index (χ1v) is 11.7. The van der Waals surface area contributed by atoms with Crippen LogP contribution in [0.1, 0.15) is 54.8 Å². The second-order valence-electron chi connectivity index (χ2n) is 9.48. The molecular formula is C26H32N4O2. The summed E-state index contributed by atoms with van der Waals surface area (Å²) in [4.78, 5) is 22.6. The molecular weight excluding hydrogens is 400 g/mol. The maximum Gasteiger partial charge on any atom is 0.179 e. The van der Waals surface area contributed by atoms with Crippen molar-refractivity contribution in [2.24, 2.45) is 11.8 Å². The molecule has 3 N–H and O–H groups in total. The lowest BCUT2D eigenvalue weighted by Gasteiger charge is -2.38. The van der Waals surface area contributed by atoms with Gasteiger partial charge in [0, 0.05) is 48.2 Å². The van der Waals surface area contributed by atoms with E-state index in [4.69, 9.17) is 10.5 Å². The smallest absolute Gasteiger partial charge is 0.179 e. The van der Waals surface area contributed by atoms with Gasteiger partial charge in [-0.15, -0.1) is 0 Å².